The average Bonchev–Trinajstić information content (AvgIpc) is 3.13. The van der Waals surface area contributed by atoms with Crippen LogP contribution in [0.15, 0.2) is 66.4 Å². The van der Waals surface area contributed by atoms with Crippen molar-refractivity contribution in [1.82, 2.24) is 10.2 Å². The lowest BCUT2D eigenvalue weighted by molar-refractivity contribution is -0.127. The fourth-order valence-electron chi connectivity index (χ4n) is 3.69. The van der Waals surface area contributed by atoms with E-state index >= 15 is 0 Å². The van der Waals surface area contributed by atoms with Gasteiger partial charge in [0.2, 0.25) is 5.91 Å². The number of halogens is 2. The Morgan fingerprint density at radius 2 is 1.84 bits per heavy atom. The number of urea groups is 1. The lowest BCUT2D eigenvalue weighted by atomic mass is 10.1. The fraction of sp³-hybridized carbons (Fsp3) is 0.179. The van der Waals surface area contributed by atoms with E-state index in [0.29, 0.717) is 23.7 Å². The molecule has 3 aromatic carbocycles. The van der Waals surface area contributed by atoms with Crippen LogP contribution in [0, 0.1) is 12.7 Å². The van der Waals surface area contributed by atoms with Crippen molar-refractivity contribution in [2.45, 2.75) is 20.5 Å². The summed E-state index contributed by atoms with van der Waals surface area (Å²) in [5.74, 6) is -1.35. The van der Waals surface area contributed by atoms with Crippen LogP contribution in [0.1, 0.15) is 23.6 Å². The normalized spacial score (nSPS) is 14.0. The van der Waals surface area contributed by atoms with Gasteiger partial charge in [-0.25, -0.2) is 14.1 Å². The Balaban J connectivity index is 1.49. The molecule has 0 saturated carbocycles. The van der Waals surface area contributed by atoms with Gasteiger partial charge in [-0.15, -0.1) is 0 Å². The van der Waals surface area contributed by atoms with Crippen molar-refractivity contribution in [2.24, 2.45) is 0 Å². The van der Waals surface area contributed by atoms with E-state index in [9.17, 15) is 18.8 Å². The maximum Gasteiger partial charge on any atom is 0.329 e. The Morgan fingerprint density at radius 3 is 2.55 bits per heavy atom. The number of hydrogen-bond acceptors (Lipinski definition) is 5. The first-order valence-electron chi connectivity index (χ1n) is 11.8. The van der Waals surface area contributed by atoms with Crippen LogP contribution in [-0.2, 0) is 16.2 Å². The molecule has 0 bridgehead atoms. The highest BCUT2D eigenvalue weighted by atomic mass is 35.5. The van der Waals surface area contributed by atoms with E-state index in [4.69, 9.17) is 21.1 Å². The minimum absolute atomic E-state index is 0.0527. The molecule has 1 saturated heterocycles. The van der Waals surface area contributed by atoms with Gasteiger partial charge in [0.25, 0.3) is 5.91 Å². The number of anilines is 1. The molecule has 10 heteroatoms. The zero-order valence-corrected chi connectivity index (χ0v) is 21.5. The minimum Gasteiger partial charge on any atom is -0.490 e. The molecule has 1 aliphatic rings. The van der Waals surface area contributed by atoms with Crippen LogP contribution >= 0.6 is 11.6 Å². The molecular formula is C28H25ClFN3O5. The number of carbonyl (C=O) groups excluding carboxylic acids is 3. The Kier molecular flexibility index (Phi) is 8.28. The molecule has 0 atom stereocenters. The number of nitrogens with zero attached hydrogens (tertiary/aromatic N) is 1. The third-order valence-corrected chi connectivity index (χ3v) is 5.84. The highest BCUT2D eigenvalue weighted by Gasteiger charge is 2.35. The highest BCUT2D eigenvalue weighted by Crippen LogP contribution is 2.38. The van der Waals surface area contributed by atoms with Crippen LogP contribution in [0.25, 0.3) is 6.08 Å². The quantitative estimate of drug-likeness (QED) is 0.285. The number of carbonyl (C=O) groups is 3. The Labute approximate surface area is 224 Å². The van der Waals surface area contributed by atoms with E-state index in [1.54, 1.807) is 18.2 Å². The summed E-state index contributed by atoms with van der Waals surface area (Å²) < 4.78 is 25.5. The molecule has 4 rings (SSSR count). The van der Waals surface area contributed by atoms with Crippen LogP contribution in [0.4, 0.5) is 14.9 Å². The predicted molar refractivity (Wildman–Crippen MR) is 141 cm³/mol. The van der Waals surface area contributed by atoms with Crippen molar-refractivity contribution in [1.29, 1.82) is 0 Å². The molecule has 8 nitrogen and oxygen atoms in total. The SMILES string of the molecule is CCOc1cc(/C=C2/NC(=O)N(CC(=O)Nc3ccccc3F)C2=O)cc(Cl)c1OCc1ccc(C)cc1. The number of hydrogen-bond donors (Lipinski definition) is 2. The summed E-state index contributed by atoms with van der Waals surface area (Å²) in [4.78, 5) is 38.3. The van der Waals surface area contributed by atoms with E-state index in [1.807, 2.05) is 38.1 Å². The number of nitrogens with one attached hydrogen (secondary N) is 2. The van der Waals surface area contributed by atoms with Crippen LogP contribution in [0.3, 0.4) is 0 Å². The summed E-state index contributed by atoms with van der Waals surface area (Å²) in [6.45, 7) is 3.84. The van der Waals surface area contributed by atoms with Crippen LogP contribution in [0.2, 0.25) is 5.02 Å². The van der Waals surface area contributed by atoms with Gasteiger partial charge >= 0.3 is 6.03 Å². The van der Waals surface area contributed by atoms with Crippen molar-refractivity contribution in [2.75, 3.05) is 18.5 Å². The molecule has 4 amide bonds. The topological polar surface area (TPSA) is 97.0 Å². The van der Waals surface area contributed by atoms with Gasteiger partial charge in [0.05, 0.1) is 17.3 Å². The van der Waals surface area contributed by atoms with E-state index in [1.165, 1.54) is 24.3 Å². The van der Waals surface area contributed by atoms with E-state index < -0.39 is 30.2 Å². The van der Waals surface area contributed by atoms with Crippen molar-refractivity contribution in [3.63, 3.8) is 0 Å². The third kappa shape index (κ3) is 6.30. The summed E-state index contributed by atoms with van der Waals surface area (Å²) in [6.07, 6.45) is 1.42. The highest BCUT2D eigenvalue weighted by molar-refractivity contribution is 6.32. The van der Waals surface area contributed by atoms with Crippen molar-refractivity contribution in [3.05, 3.63) is 93.9 Å². The molecule has 0 aromatic heterocycles. The number of para-hydroxylation sites is 1. The number of imide groups is 1. The van der Waals surface area contributed by atoms with Crippen LogP contribution in [-0.4, -0.2) is 35.9 Å². The lowest BCUT2D eigenvalue weighted by Gasteiger charge is -2.15. The number of rotatable bonds is 9. The van der Waals surface area contributed by atoms with Gasteiger partial charge in [0.15, 0.2) is 11.5 Å². The molecule has 0 radical (unpaired) electrons. The van der Waals surface area contributed by atoms with Crippen molar-refractivity contribution >= 4 is 41.2 Å². The van der Waals surface area contributed by atoms with Crippen LogP contribution < -0.4 is 20.1 Å². The number of ether oxygens (including phenoxy) is 2. The Bertz CT molecular complexity index is 1410. The number of benzene rings is 3. The monoisotopic (exact) mass is 537 g/mol. The summed E-state index contributed by atoms with van der Waals surface area (Å²) >= 11 is 6.50. The molecule has 1 fully saturated rings. The van der Waals surface area contributed by atoms with Gasteiger partial charge < -0.3 is 20.1 Å². The zero-order chi connectivity index (χ0) is 27.2. The van der Waals surface area contributed by atoms with Gasteiger partial charge in [-0.2, -0.15) is 0 Å². The Morgan fingerprint density at radius 1 is 1.11 bits per heavy atom. The van der Waals surface area contributed by atoms with Crippen molar-refractivity contribution in [3.8, 4) is 11.5 Å². The molecule has 3 aromatic rings. The second-order valence-corrected chi connectivity index (χ2v) is 8.85. The fourth-order valence-corrected chi connectivity index (χ4v) is 3.97. The van der Waals surface area contributed by atoms with Crippen LogP contribution in [0.5, 0.6) is 11.5 Å². The largest absolute Gasteiger partial charge is 0.490 e. The Hall–Kier alpha value is -4.37. The van der Waals surface area contributed by atoms with Gasteiger partial charge in [0, 0.05) is 0 Å². The number of amides is 4. The maximum absolute atomic E-state index is 13.8. The van der Waals surface area contributed by atoms with E-state index in [0.717, 1.165) is 16.0 Å². The smallest absolute Gasteiger partial charge is 0.329 e. The molecule has 196 valence electrons. The first-order chi connectivity index (χ1) is 18.2. The van der Waals surface area contributed by atoms with Gasteiger partial charge in [-0.05, 0) is 55.3 Å². The second-order valence-electron chi connectivity index (χ2n) is 8.44. The maximum atomic E-state index is 13.8. The lowest BCUT2D eigenvalue weighted by Crippen LogP contribution is -2.38. The molecule has 0 unspecified atom stereocenters. The molecule has 2 N–H and O–H groups in total. The minimum atomic E-state index is -0.779. The van der Waals surface area contributed by atoms with Gasteiger partial charge in [0.1, 0.15) is 24.7 Å². The first kappa shape index (κ1) is 26.7. The summed E-state index contributed by atoms with van der Waals surface area (Å²) in [7, 11) is 0. The van der Waals surface area contributed by atoms with E-state index in [2.05, 4.69) is 10.6 Å². The molecule has 0 spiro atoms. The molecule has 38 heavy (non-hydrogen) atoms. The van der Waals surface area contributed by atoms with E-state index in [-0.39, 0.29) is 23.0 Å². The molecule has 1 heterocycles. The second kappa shape index (κ2) is 11.8. The van der Waals surface area contributed by atoms with Gasteiger partial charge in [-0.1, -0.05) is 53.6 Å². The zero-order valence-electron chi connectivity index (χ0n) is 20.7. The molecule has 1 aliphatic heterocycles. The van der Waals surface area contributed by atoms with Gasteiger partial charge in [-0.3, -0.25) is 9.59 Å². The average molecular weight is 538 g/mol. The number of aryl methyl sites for hydroxylation is 1. The summed E-state index contributed by atoms with van der Waals surface area (Å²) in [5, 5.41) is 5.06. The third-order valence-electron chi connectivity index (χ3n) is 5.56. The molecule has 0 aliphatic carbocycles. The standard InChI is InChI=1S/C28H25ClFN3O5/c1-3-37-24-14-19(12-20(29)26(24)38-16-18-10-8-17(2)9-11-18)13-23-27(35)33(28(36)32-23)15-25(34)31-22-7-5-4-6-21(22)30/h4-14H,3,15-16H2,1-2H3,(H,31,34)(H,32,36)/b23-13+. The molecular weight excluding hydrogens is 513 g/mol. The summed E-state index contributed by atoms with van der Waals surface area (Å²) in [6, 6.07) is 15.9. The predicted octanol–water partition coefficient (Wildman–Crippen LogP) is 5.30. The van der Waals surface area contributed by atoms with Crippen molar-refractivity contribution < 1.29 is 28.2 Å². The first-order valence-corrected chi connectivity index (χ1v) is 12.2. The summed E-state index contributed by atoms with van der Waals surface area (Å²) in [5.41, 5.74) is 2.46.